The highest BCUT2D eigenvalue weighted by Gasteiger charge is 2.34. The third-order valence-electron chi connectivity index (χ3n) is 5.41. The fourth-order valence-corrected chi connectivity index (χ4v) is 5.55. The van der Waals surface area contributed by atoms with Crippen LogP contribution in [-0.4, -0.2) is 47.1 Å². The number of hydrogen-bond acceptors (Lipinski definition) is 6. The Morgan fingerprint density at radius 1 is 1.26 bits per heavy atom. The lowest BCUT2D eigenvalue weighted by atomic mass is 9.94. The van der Waals surface area contributed by atoms with Crippen molar-refractivity contribution in [3.8, 4) is 0 Å². The quantitative estimate of drug-likeness (QED) is 0.620. The van der Waals surface area contributed by atoms with Crippen molar-refractivity contribution in [3.05, 3.63) is 59.0 Å². The normalized spacial score (nSPS) is 15.8. The van der Waals surface area contributed by atoms with E-state index in [0.29, 0.717) is 31.6 Å². The molecule has 0 bridgehead atoms. The maximum absolute atomic E-state index is 13.7. The number of carbonyl (C=O) groups excluding carboxylic acids is 1. The highest BCUT2D eigenvalue weighted by Crippen LogP contribution is 2.31. The van der Waals surface area contributed by atoms with Crippen LogP contribution >= 0.6 is 0 Å². The number of carbonyl (C=O) groups is 1. The number of nitrogens with one attached hydrogen (secondary N) is 2. The van der Waals surface area contributed by atoms with Crippen LogP contribution in [-0.2, 0) is 10.0 Å². The number of anilines is 1. The van der Waals surface area contributed by atoms with Gasteiger partial charge in [-0.2, -0.15) is 9.40 Å². The van der Waals surface area contributed by atoms with Gasteiger partial charge in [0.1, 0.15) is 16.4 Å². The average Bonchev–Trinajstić information content (AvgIpc) is 3.37. The predicted molar refractivity (Wildman–Crippen MR) is 110 cm³/mol. The first-order valence-electron chi connectivity index (χ1n) is 9.81. The standard InChI is InChI=1S/C20H22FN5O4S/c1-12-19(13(2)30-25-12)31(28,29)26-9-7-14(8-10-26)17-11-18(24-23-17)20(27)22-16-6-4-3-5-15(16)21/h3-6,11,14H,7-10H2,1-2H3,(H,22,27)(H,23,24). The molecule has 2 N–H and O–H groups in total. The van der Waals surface area contributed by atoms with Crippen LogP contribution in [0.15, 0.2) is 39.8 Å². The molecule has 1 fully saturated rings. The molecule has 0 unspecified atom stereocenters. The molecule has 4 rings (SSSR count). The average molecular weight is 447 g/mol. The van der Waals surface area contributed by atoms with E-state index in [-0.39, 0.29) is 28.0 Å². The van der Waals surface area contributed by atoms with Gasteiger partial charge in [0.25, 0.3) is 5.91 Å². The van der Waals surface area contributed by atoms with Crippen molar-refractivity contribution in [1.29, 1.82) is 0 Å². The lowest BCUT2D eigenvalue weighted by Crippen LogP contribution is -2.38. The first kappa shape index (κ1) is 21.2. The minimum atomic E-state index is -3.68. The summed E-state index contributed by atoms with van der Waals surface area (Å²) in [6.45, 7) is 3.84. The number of hydrogen-bond donors (Lipinski definition) is 2. The topological polar surface area (TPSA) is 121 Å². The molecule has 0 atom stereocenters. The van der Waals surface area contributed by atoms with Gasteiger partial charge in [-0.3, -0.25) is 9.89 Å². The second-order valence-electron chi connectivity index (χ2n) is 7.47. The Labute approximate surface area is 178 Å². The highest BCUT2D eigenvalue weighted by molar-refractivity contribution is 7.89. The molecule has 0 spiro atoms. The van der Waals surface area contributed by atoms with E-state index in [2.05, 4.69) is 20.7 Å². The van der Waals surface area contributed by atoms with Gasteiger partial charge in [0.05, 0.1) is 5.69 Å². The van der Waals surface area contributed by atoms with Gasteiger partial charge < -0.3 is 9.84 Å². The van der Waals surface area contributed by atoms with Crippen LogP contribution in [0.25, 0.3) is 0 Å². The van der Waals surface area contributed by atoms with Gasteiger partial charge in [-0.25, -0.2) is 12.8 Å². The van der Waals surface area contributed by atoms with E-state index in [9.17, 15) is 17.6 Å². The molecule has 0 radical (unpaired) electrons. The van der Waals surface area contributed by atoms with Crippen molar-refractivity contribution in [1.82, 2.24) is 19.7 Å². The predicted octanol–water partition coefficient (Wildman–Crippen LogP) is 2.97. The number of amides is 1. The number of H-pyrrole nitrogens is 1. The lowest BCUT2D eigenvalue weighted by Gasteiger charge is -2.30. The maximum atomic E-state index is 13.7. The summed E-state index contributed by atoms with van der Waals surface area (Å²) >= 11 is 0. The SMILES string of the molecule is Cc1noc(C)c1S(=O)(=O)N1CCC(c2cc(C(=O)Nc3ccccc3F)n[nH]2)CC1. The molecule has 0 aliphatic carbocycles. The van der Waals surface area contributed by atoms with E-state index >= 15 is 0 Å². The van der Waals surface area contributed by atoms with Crippen LogP contribution in [0.3, 0.4) is 0 Å². The fourth-order valence-electron chi connectivity index (χ4n) is 3.79. The number of para-hydroxylation sites is 1. The first-order chi connectivity index (χ1) is 14.8. The molecule has 2 aromatic heterocycles. The summed E-state index contributed by atoms with van der Waals surface area (Å²) in [5.74, 6) is -0.748. The number of aromatic nitrogens is 3. The first-order valence-corrected chi connectivity index (χ1v) is 11.3. The van der Waals surface area contributed by atoms with Crippen molar-refractivity contribution in [3.63, 3.8) is 0 Å². The summed E-state index contributed by atoms with van der Waals surface area (Å²) in [4.78, 5) is 12.5. The van der Waals surface area contributed by atoms with Gasteiger partial charge in [0.2, 0.25) is 10.0 Å². The summed E-state index contributed by atoms with van der Waals surface area (Å²) in [7, 11) is -3.68. The van der Waals surface area contributed by atoms with Gasteiger partial charge in [-0.15, -0.1) is 0 Å². The minimum Gasteiger partial charge on any atom is -0.360 e. The van der Waals surface area contributed by atoms with Gasteiger partial charge in [-0.1, -0.05) is 17.3 Å². The summed E-state index contributed by atoms with van der Waals surface area (Å²) in [5.41, 5.74) is 1.31. The minimum absolute atomic E-state index is 0.0265. The molecule has 164 valence electrons. The highest BCUT2D eigenvalue weighted by atomic mass is 32.2. The summed E-state index contributed by atoms with van der Waals surface area (Å²) in [5, 5.41) is 13.1. The number of nitrogens with zero attached hydrogens (tertiary/aromatic N) is 3. The molecule has 3 aromatic rings. The summed E-state index contributed by atoms with van der Waals surface area (Å²) in [6.07, 6.45) is 1.14. The largest absolute Gasteiger partial charge is 0.360 e. The molecule has 3 heterocycles. The number of piperidine rings is 1. The van der Waals surface area contributed by atoms with Crippen molar-refractivity contribution in [2.45, 2.75) is 37.5 Å². The Morgan fingerprint density at radius 3 is 2.61 bits per heavy atom. The monoisotopic (exact) mass is 447 g/mol. The zero-order valence-electron chi connectivity index (χ0n) is 17.1. The Bertz CT molecular complexity index is 1190. The van der Waals surface area contributed by atoms with Crippen molar-refractivity contribution in [2.24, 2.45) is 0 Å². The molecule has 31 heavy (non-hydrogen) atoms. The van der Waals surface area contributed by atoms with Crippen LogP contribution < -0.4 is 5.32 Å². The smallest absolute Gasteiger partial charge is 0.276 e. The van der Waals surface area contributed by atoms with Crippen molar-refractivity contribution < 1.29 is 22.1 Å². The summed E-state index contributed by atoms with van der Waals surface area (Å²) < 4.78 is 46.1. The van der Waals surface area contributed by atoms with Gasteiger partial charge >= 0.3 is 0 Å². The molecular weight excluding hydrogens is 425 g/mol. The maximum Gasteiger partial charge on any atom is 0.276 e. The van der Waals surface area contributed by atoms with E-state index in [1.54, 1.807) is 26.0 Å². The Morgan fingerprint density at radius 2 is 1.97 bits per heavy atom. The molecule has 1 saturated heterocycles. The van der Waals surface area contributed by atoms with Crippen LogP contribution in [0.1, 0.15) is 46.4 Å². The number of halogens is 1. The van der Waals surface area contributed by atoms with Crippen LogP contribution in [0, 0.1) is 19.7 Å². The number of aryl methyl sites for hydroxylation is 2. The number of benzene rings is 1. The van der Waals surface area contributed by atoms with Gasteiger partial charge in [0, 0.05) is 24.7 Å². The Kier molecular flexibility index (Phi) is 5.63. The Balaban J connectivity index is 1.41. The number of aromatic amines is 1. The van der Waals surface area contributed by atoms with E-state index in [0.717, 1.165) is 5.69 Å². The molecule has 9 nitrogen and oxygen atoms in total. The molecule has 1 amide bonds. The van der Waals surface area contributed by atoms with E-state index < -0.39 is 21.7 Å². The van der Waals surface area contributed by atoms with E-state index in [1.165, 1.54) is 22.5 Å². The molecule has 11 heteroatoms. The van der Waals surface area contributed by atoms with Crippen LogP contribution in [0.4, 0.5) is 10.1 Å². The lowest BCUT2D eigenvalue weighted by molar-refractivity contribution is 0.102. The fraction of sp³-hybridized carbons (Fsp3) is 0.350. The number of rotatable bonds is 5. The van der Waals surface area contributed by atoms with Crippen molar-refractivity contribution in [2.75, 3.05) is 18.4 Å². The zero-order valence-corrected chi connectivity index (χ0v) is 17.9. The summed E-state index contributed by atoms with van der Waals surface area (Å²) in [6, 6.07) is 7.51. The molecule has 1 aliphatic heterocycles. The van der Waals surface area contributed by atoms with Crippen molar-refractivity contribution >= 4 is 21.6 Å². The second-order valence-corrected chi connectivity index (χ2v) is 9.35. The van der Waals surface area contributed by atoms with Crippen LogP contribution in [0.2, 0.25) is 0 Å². The van der Waals surface area contributed by atoms with E-state index in [4.69, 9.17) is 4.52 Å². The molecule has 0 saturated carbocycles. The van der Waals surface area contributed by atoms with Gasteiger partial charge in [-0.05, 0) is 44.9 Å². The zero-order chi connectivity index (χ0) is 22.2. The molecule has 1 aromatic carbocycles. The molecule has 1 aliphatic rings. The second kappa shape index (κ2) is 8.23. The van der Waals surface area contributed by atoms with E-state index in [1.807, 2.05) is 0 Å². The van der Waals surface area contributed by atoms with Crippen LogP contribution in [0.5, 0.6) is 0 Å². The van der Waals surface area contributed by atoms with Gasteiger partial charge in [0.15, 0.2) is 11.5 Å². The third kappa shape index (κ3) is 4.10. The molecular formula is C20H22FN5O4S. The third-order valence-corrected chi connectivity index (χ3v) is 7.56. The Hall–Kier alpha value is -3.05. The number of sulfonamides is 1.